The molecule has 0 saturated heterocycles. The third-order valence-corrected chi connectivity index (χ3v) is 3.50. The van der Waals surface area contributed by atoms with Crippen LogP contribution in [0.4, 0.5) is 10.1 Å². The molecule has 1 heterocycles. The summed E-state index contributed by atoms with van der Waals surface area (Å²) >= 11 is 0. The van der Waals surface area contributed by atoms with Crippen molar-refractivity contribution in [1.29, 1.82) is 0 Å². The minimum Gasteiger partial charge on any atom is -0.497 e. The van der Waals surface area contributed by atoms with Gasteiger partial charge in [-0.25, -0.2) is 4.39 Å². The zero-order valence-electron chi connectivity index (χ0n) is 12.1. The van der Waals surface area contributed by atoms with E-state index < -0.39 is 5.82 Å². The van der Waals surface area contributed by atoms with Crippen LogP contribution >= 0.6 is 0 Å². The van der Waals surface area contributed by atoms with Crippen molar-refractivity contribution in [1.82, 2.24) is 0 Å². The minimum atomic E-state index is -0.390. The lowest BCUT2D eigenvalue weighted by Gasteiger charge is -2.08. The van der Waals surface area contributed by atoms with Crippen LogP contribution in [0.2, 0.25) is 0 Å². The number of fused-ring (bicyclic) bond motifs is 1. The molecule has 1 N–H and O–H groups in total. The number of carbonyl (C=O) groups excluding carboxylic acids is 1. The normalized spacial score (nSPS) is 14.7. The van der Waals surface area contributed by atoms with E-state index >= 15 is 0 Å². The topological polar surface area (TPSA) is 47.6 Å². The fourth-order valence-electron chi connectivity index (χ4n) is 2.41. The summed E-state index contributed by atoms with van der Waals surface area (Å²) in [7, 11) is 3.11. The number of anilines is 1. The summed E-state index contributed by atoms with van der Waals surface area (Å²) in [6, 6.07) is 9.48. The molecule has 1 aliphatic heterocycles. The van der Waals surface area contributed by atoms with Gasteiger partial charge in [-0.1, -0.05) is 0 Å². The number of methoxy groups -OCH3 is 2. The summed E-state index contributed by atoms with van der Waals surface area (Å²) < 4.78 is 23.9. The Balaban J connectivity index is 2.13. The highest BCUT2D eigenvalue weighted by molar-refractivity contribution is 6.35. The summed E-state index contributed by atoms with van der Waals surface area (Å²) in [4.78, 5) is 12.1. The molecule has 1 amide bonds. The summed E-state index contributed by atoms with van der Waals surface area (Å²) in [5.74, 6) is 0.584. The van der Waals surface area contributed by atoms with Crippen LogP contribution in [0.25, 0.3) is 11.6 Å². The Kier molecular flexibility index (Phi) is 3.55. The zero-order chi connectivity index (χ0) is 15.7. The molecule has 112 valence electrons. The summed E-state index contributed by atoms with van der Waals surface area (Å²) in [5.41, 5.74) is 2.21. The van der Waals surface area contributed by atoms with E-state index in [0.29, 0.717) is 33.9 Å². The van der Waals surface area contributed by atoms with Gasteiger partial charge in [-0.2, -0.15) is 0 Å². The van der Waals surface area contributed by atoms with Crippen LogP contribution in [-0.4, -0.2) is 20.1 Å². The van der Waals surface area contributed by atoms with Crippen molar-refractivity contribution >= 4 is 23.2 Å². The maximum Gasteiger partial charge on any atom is 0.256 e. The van der Waals surface area contributed by atoms with E-state index in [9.17, 15) is 9.18 Å². The lowest BCUT2D eigenvalue weighted by Crippen LogP contribution is -2.03. The number of hydrogen-bond acceptors (Lipinski definition) is 3. The molecule has 0 spiro atoms. The largest absolute Gasteiger partial charge is 0.497 e. The fourth-order valence-corrected chi connectivity index (χ4v) is 2.41. The van der Waals surface area contributed by atoms with E-state index in [0.717, 1.165) is 0 Å². The van der Waals surface area contributed by atoms with Crippen LogP contribution in [0.1, 0.15) is 11.1 Å². The molecular weight excluding hydrogens is 285 g/mol. The van der Waals surface area contributed by atoms with Gasteiger partial charge in [0.05, 0.1) is 14.2 Å². The van der Waals surface area contributed by atoms with Gasteiger partial charge in [-0.05, 0) is 42.5 Å². The van der Waals surface area contributed by atoms with Crippen molar-refractivity contribution in [3.05, 3.63) is 53.3 Å². The summed E-state index contributed by atoms with van der Waals surface area (Å²) in [6.07, 6.45) is 1.67. The van der Waals surface area contributed by atoms with Gasteiger partial charge >= 0.3 is 0 Å². The van der Waals surface area contributed by atoms with Crippen molar-refractivity contribution < 1.29 is 18.7 Å². The number of benzene rings is 2. The van der Waals surface area contributed by atoms with Crippen molar-refractivity contribution in [3.8, 4) is 11.5 Å². The standard InChI is InChI=1S/C17H14FNO3/c1-21-12-4-6-16(22-2)10(7-12)8-14-13-9-11(18)3-5-15(13)19-17(14)20/h3-9H,1-2H3,(H,19,20)/b14-8-. The van der Waals surface area contributed by atoms with Crippen LogP contribution in [0.15, 0.2) is 36.4 Å². The van der Waals surface area contributed by atoms with E-state index in [4.69, 9.17) is 9.47 Å². The highest BCUT2D eigenvalue weighted by Crippen LogP contribution is 2.35. The van der Waals surface area contributed by atoms with Crippen LogP contribution in [0, 0.1) is 5.82 Å². The van der Waals surface area contributed by atoms with Crippen molar-refractivity contribution in [2.45, 2.75) is 0 Å². The Labute approximate surface area is 127 Å². The molecule has 0 radical (unpaired) electrons. The first-order chi connectivity index (χ1) is 10.6. The number of amides is 1. The van der Waals surface area contributed by atoms with E-state index in [1.54, 1.807) is 44.6 Å². The van der Waals surface area contributed by atoms with Gasteiger partial charge in [0, 0.05) is 22.4 Å². The molecule has 0 atom stereocenters. The molecule has 3 rings (SSSR count). The molecule has 0 aliphatic carbocycles. The maximum absolute atomic E-state index is 13.5. The van der Waals surface area contributed by atoms with E-state index in [1.807, 2.05) is 0 Å². The quantitative estimate of drug-likeness (QED) is 0.884. The predicted molar refractivity (Wildman–Crippen MR) is 82.4 cm³/mol. The zero-order valence-corrected chi connectivity index (χ0v) is 12.1. The predicted octanol–water partition coefficient (Wildman–Crippen LogP) is 3.34. The van der Waals surface area contributed by atoms with Crippen molar-refractivity contribution in [3.63, 3.8) is 0 Å². The molecular formula is C17H14FNO3. The number of halogens is 1. The molecule has 0 fully saturated rings. The second kappa shape index (κ2) is 5.52. The van der Waals surface area contributed by atoms with E-state index in [2.05, 4.69) is 5.32 Å². The first-order valence-electron chi connectivity index (χ1n) is 6.67. The second-order valence-corrected chi connectivity index (χ2v) is 4.81. The summed E-state index contributed by atoms with van der Waals surface area (Å²) in [6.45, 7) is 0. The first-order valence-corrected chi connectivity index (χ1v) is 6.67. The van der Waals surface area contributed by atoms with Crippen LogP contribution < -0.4 is 14.8 Å². The lowest BCUT2D eigenvalue weighted by atomic mass is 10.0. The Morgan fingerprint density at radius 3 is 2.64 bits per heavy atom. The maximum atomic E-state index is 13.5. The first kappa shape index (κ1) is 14.1. The summed E-state index contributed by atoms with van der Waals surface area (Å²) in [5, 5.41) is 2.72. The number of ether oxygens (including phenoxy) is 2. The Morgan fingerprint density at radius 2 is 1.91 bits per heavy atom. The molecule has 2 aromatic carbocycles. The molecule has 5 heteroatoms. The van der Waals surface area contributed by atoms with Crippen molar-refractivity contribution in [2.75, 3.05) is 19.5 Å². The Morgan fingerprint density at radius 1 is 1.09 bits per heavy atom. The van der Waals surface area contributed by atoms with Gasteiger partial charge < -0.3 is 14.8 Å². The molecule has 2 aromatic rings. The lowest BCUT2D eigenvalue weighted by molar-refractivity contribution is -0.110. The number of carbonyl (C=O) groups is 1. The molecule has 22 heavy (non-hydrogen) atoms. The average Bonchev–Trinajstić information content (AvgIpc) is 2.83. The van der Waals surface area contributed by atoms with Crippen molar-refractivity contribution in [2.24, 2.45) is 0 Å². The molecule has 0 saturated carbocycles. The average molecular weight is 299 g/mol. The van der Waals surface area contributed by atoms with Gasteiger partial charge in [0.15, 0.2) is 0 Å². The van der Waals surface area contributed by atoms with E-state index in [-0.39, 0.29) is 5.91 Å². The number of rotatable bonds is 3. The monoisotopic (exact) mass is 299 g/mol. The molecule has 0 unspecified atom stereocenters. The Hall–Kier alpha value is -2.82. The molecule has 0 aromatic heterocycles. The molecule has 4 nitrogen and oxygen atoms in total. The number of hydrogen-bond donors (Lipinski definition) is 1. The molecule has 0 bridgehead atoms. The van der Waals surface area contributed by atoms with E-state index in [1.165, 1.54) is 12.1 Å². The van der Waals surface area contributed by atoms with Gasteiger partial charge in [0.2, 0.25) is 0 Å². The van der Waals surface area contributed by atoms with Crippen LogP contribution in [-0.2, 0) is 4.79 Å². The Bertz CT molecular complexity index is 783. The highest BCUT2D eigenvalue weighted by atomic mass is 19.1. The SMILES string of the molecule is COc1ccc(OC)c(/C=C2\C(=O)Nc3ccc(F)cc32)c1. The number of nitrogens with one attached hydrogen (secondary N) is 1. The third-order valence-electron chi connectivity index (χ3n) is 3.50. The van der Waals surface area contributed by atoms with Gasteiger partial charge in [-0.15, -0.1) is 0 Å². The van der Waals surface area contributed by atoms with Crippen LogP contribution in [0.5, 0.6) is 11.5 Å². The van der Waals surface area contributed by atoms with Gasteiger partial charge in [0.1, 0.15) is 17.3 Å². The van der Waals surface area contributed by atoms with Gasteiger partial charge in [-0.3, -0.25) is 4.79 Å². The third kappa shape index (κ3) is 2.41. The second-order valence-electron chi connectivity index (χ2n) is 4.81. The van der Waals surface area contributed by atoms with Crippen LogP contribution in [0.3, 0.4) is 0 Å². The molecule has 1 aliphatic rings. The fraction of sp³-hybridized carbons (Fsp3) is 0.118. The smallest absolute Gasteiger partial charge is 0.256 e. The highest BCUT2D eigenvalue weighted by Gasteiger charge is 2.24. The van der Waals surface area contributed by atoms with Gasteiger partial charge in [0.25, 0.3) is 5.91 Å². The minimum absolute atomic E-state index is 0.273.